The number of hydrogen-bond acceptors (Lipinski definition) is 4. The van der Waals surface area contributed by atoms with E-state index in [2.05, 4.69) is 15.6 Å². The van der Waals surface area contributed by atoms with Crippen molar-refractivity contribution < 1.29 is 9.32 Å². The Balaban J connectivity index is 1.97. The van der Waals surface area contributed by atoms with E-state index in [9.17, 15) is 4.79 Å². The largest absolute Gasteiger partial charge is 0.363 e. The maximum Gasteiger partial charge on any atom is 0.260 e. The summed E-state index contributed by atoms with van der Waals surface area (Å²) < 4.78 is 6.46. The molecule has 3 aromatic rings. The number of aromatic nitrogens is 3. The third-order valence-corrected chi connectivity index (χ3v) is 3.20. The smallest absolute Gasteiger partial charge is 0.260 e. The van der Waals surface area contributed by atoms with E-state index < -0.39 is 0 Å². The second-order valence-electron chi connectivity index (χ2n) is 4.63. The zero-order valence-corrected chi connectivity index (χ0v) is 11.7. The third-order valence-electron chi connectivity index (χ3n) is 3.20. The lowest BCUT2D eigenvalue weighted by molar-refractivity contribution is 0.102. The Kier molecular flexibility index (Phi) is 3.27. The van der Waals surface area contributed by atoms with E-state index >= 15 is 0 Å². The van der Waals surface area contributed by atoms with Gasteiger partial charge in [-0.15, -0.1) is 0 Å². The zero-order chi connectivity index (χ0) is 14.8. The molecule has 2 heterocycles. The lowest BCUT2D eigenvalue weighted by atomic mass is 10.2. The van der Waals surface area contributed by atoms with E-state index in [0.29, 0.717) is 17.1 Å². The van der Waals surface area contributed by atoms with Crippen molar-refractivity contribution in [2.75, 3.05) is 5.32 Å². The minimum atomic E-state index is -0.249. The normalized spacial score (nSPS) is 10.6. The van der Waals surface area contributed by atoms with Crippen molar-refractivity contribution in [1.82, 2.24) is 14.9 Å². The molecule has 1 amide bonds. The van der Waals surface area contributed by atoms with E-state index in [1.54, 1.807) is 10.7 Å². The fourth-order valence-corrected chi connectivity index (χ4v) is 2.25. The van der Waals surface area contributed by atoms with Gasteiger partial charge in [0.25, 0.3) is 5.91 Å². The number of carbonyl (C=O) groups is 1. The van der Waals surface area contributed by atoms with Crippen molar-refractivity contribution in [2.45, 2.75) is 13.8 Å². The van der Waals surface area contributed by atoms with Gasteiger partial charge in [0.05, 0.1) is 22.6 Å². The number of hydrogen-bond donors (Lipinski definition) is 1. The van der Waals surface area contributed by atoms with Crippen LogP contribution in [0.5, 0.6) is 0 Å². The average molecular weight is 282 g/mol. The Hall–Kier alpha value is -2.89. The molecule has 3 rings (SSSR count). The highest BCUT2D eigenvalue weighted by molar-refractivity contribution is 6.05. The molecule has 0 aliphatic heterocycles. The highest BCUT2D eigenvalue weighted by atomic mass is 16.5. The Morgan fingerprint density at radius 3 is 2.62 bits per heavy atom. The van der Waals surface area contributed by atoms with Gasteiger partial charge in [0.2, 0.25) is 0 Å². The molecule has 0 fully saturated rings. The van der Waals surface area contributed by atoms with Crippen LogP contribution in [0.1, 0.15) is 21.7 Å². The van der Waals surface area contributed by atoms with E-state index in [4.69, 9.17) is 4.52 Å². The molecule has 0 radical (unpaired) electrons. The number of para-hydroxylation sites is 1. The summed E-state index contributed by atoms with van der Waals surface area (Å²) in [5.41, 5.74) is 2.90. The van der Waals surface area contributed by atoms with Crippen LogP contribution in [0.25, 0.3) is 5.69 Å². The number of carbonyl (C=O) groups excluding carboxylic acids is 1. The molecule has 0 aliphatic rings. The van der Waals surface area contributed by atoms with Crippen LogP contribution in [0.2, 0.25) is 0 Å². The van der Waals surface area contributed by atoms with E-state index in [0.717, 1.165) is 11.4 Å². The first-order valence-corrected chi connectivity index (χ1v) is 6.50. The second-order valence-corrected chi connectivity index (χ2v) is 4.63. The number of aryl methyl sites for hydroxylation is 1. The number of nitrogens with one attached hydrogen (secondary N) is 1. The summed E-state index contributed by atoms with van der Waals surface area (Å²) in [5, 5.41) is 10.8. The van der Waals surface area contributed by atoms with Crippen LogP contribution >= 0.6 is 0 Å². The predicted molar refractivity (Wildman–Crippen MR) is 77.5 cm³/mol. The van der Waals surface area contributed by atoms with Gasteiger partial charge in [-0.2, -0.15) is 5.10 Å². The Labute approximate surface area is 121 Å². The molecule has 0 spiro atoms. The molecular weight excluding hydrogens is 268 g/mol. The van der Waals surface area contributed by atoms with Gasteiger partial charge in [0.1, 0.15) is 6.26 Å². The first kappa shape index (κ1) is 13.1. The lowest BCUT2D eigenvalue weighted by Gasteiger charge is -2.05. The van der Waals surface area contributed by atoms with Gasteiger partial charge in [-0.05, 0) is 26.0 Å². The van der Waals surface area contributed by atoms with Crippen molar-refractivity contribution in [2.24, 2.45) is 0 Å². The molecule has 0 bridgehead atoms. The van der Waals surface area contributed by atoms with Gasteiger partial charge in [0, 0.05) is 6.07 Å². The van der Waals surface area contributed by atoms with E-state index in [1.165, 1.54) is 6.26 Å². The van der Waals surface area contributed by atoms with Gasteiger partial charge < -0.3 is 9.84 Å². The van der Waals surface area contributed by atoms with Gasteiger partial charge in [-0.1, -0.05) is 23.4 Å². The Morgan fingerprint density at radius 1 is 1.19 bits per heavy atom. The van der Waals surface area contributed by atoms with Crippen LogP contribution in [-0.4, -0.2) is 20.8 Å². The standard InChI is InChI=1S/C15H14N4O2/c1-10-14(15(20)16-13-8-9-21-18-13)11(2)19(17-10)12-6-4-3-5-7-12/h3-9H,1-2H3,(H,16,18,20). The fraction of sp³-hybridized carbons (Fsp3) is 0.133. The minimum absolute atomic E-state index is 0.249. The molecule has 0 saturated heterocycles. The molecule has 2 aromatic heterocycles. The fourth-order valence-electron chi connectivity index (χ4n) is 2.25. The van der Waals surface area contributed by atoms with E-state index in [1.807, 2.05) is 44.2 Å². The topological polar surface area (TPSA) is 73.0 Å². The van der Waals surface area contributed by atoms with Crippen LogP contribution in [-0.2, 0) is 0 Å². The quantitative estimate of drug-likeness (QED) is 0.801. The first-order valence-electron chi connectivity index (χ1n) is 6.50. The van der Waals surface area contributed by atoms with Gasteiger partial charge in [0.15, 0.2) is 5.82 Å². The van der Waals surface area contributed by atoms with Crippen molar-refractivity contribution in [3.63, 3.8) is 0 Å². The molecule has 6 nitrogen and oxygen atoms in total. The highest BCUT2D eigenvalue weighted by Crippen LogP contribution is 2.19. The summed E-state index contributed by atoms with van der Waals surface area (Å²) in [6.07, 6.45) is 1.41. The maximum atomic E-state index is 12.4. The van der Waals surface area contributed by atoms with Crippen LogP contribution in [0.3, 0.4) is 0 Å². The second kappa shape index (κ2) is 5.24. The van der Waals surface area contributed by atoms with Gasteiger partial charge in [-0.3, -0.25) is 4.79 Å². The summed E-state index contributed by atoms with van der Waals surface area (Å²) >= 11 is 0. The summed E-state index contributed by atoms with van der Waals surface area (Å²) in [7, 11) is 0. The number of nitrogens with zero attached hydrogens (tertiary/aromatic N) is 3. The molecule has 21 heavy (non-hydrogen) atoms. The molecule has 0 saturated carbocycles. The predicted octanol–water partition coefficient (Wildman–Crippen LogP) is 2.73. The number of amides is 1. The Bertz CT molecular complexity index is 761. The molecule has 0 atom stereocenters. The summed E-state index contributed by atoms with van der Waals surface area (Å²) in [4.78, 5) is 12.4. The van der Waals surface area contributed by atoms with Crippen molar-refractivity contribution in [3.05, 3.63) is 59.6 Å². The maximum absolute atomic E-state index is 12.4. The minimum Gasteiger partial charge on any atom is -0.363 e. The first-order chi connectivity index (χ1) is 10.2. The summed E-state index contributed by atoms with van der Waals surface area (Å²) in [6, 6.07) is 11.3. The van der Waals surface area contributed by atoms with Crippen LogP contribution in [0.15, 0.2) is 47.2 Å². The lowest BCUT2D eigenvalue weighted by Crippen LogP contribution is -2.14. The molecule has 0 aliphatic carbocycles. The molecule has 106 valence electrons. The summed E-state index contributed by atoms with van der Waals surface area (Å²) in [5.74, 6) is 0.132. The number of rotatable bonds is 3. The average Bonchev–Trinajstić information content (AvgIpc) is 3.08. The van der Waals surface area contributed by atoms with Crippen LogP contribution < -0.4 is 5.32 Å². The monoisotopic (exact) mass is 282 g/mol. The molecule has 1 N–H and O–H groups in total. The van der Waals surface area contributed by atoms with E-state index in [-0.39, 0.29) is 5.91 Å². The SMILES string of the molecule is Cc1nn(-c2ccccc2)c(C)c1C(=O)Nc1ccon1. The van der Waals surface area contributed by atoms with Crippen molar-refractivity contribution >= 4 is 11.7 Å². The third kappa shape index (κ3) is 2.43. The van der Waals surface area contributed by atoms with Crippen molar-refractivity contribution in [3.8, 4) is 5.69 Å². The summed E-state index contributed by atoms with van der Waals surface area (Å²) in [6.45, 7) is 3.68. The van der Waals surface area contributed by atoms with Gasteiger partial charge in [-0.25, -0.2) is 4.68 Å². The van der Waals surface area contributed by atoms with Crippen LogP contribution in [0, 0.1) is 13.8 Å². The zero-order valence-electron chi connectivity index (χ0n) is 11.7. The van der Waals surface area contributed by atoms with Crippen LogP contribution in [0.4, 0.5) is 5.82 Å². The molecule has 0 unspecified atom stereocenters. The van der Waals surface area contributed by atoms with Crippen molar-refractivity contribution in [1.29, 1.82) is 0 Å². The Morgan fingerprint density at radius 2 is 1.95 bits per heavy atom. The molecule has 6 heteroatoms. The van der Waals surface area contributed by atoms with Gasteiger partial charge >= 0.3 is 0 Å². The molecule has 1 aromatic carbocycles. The molecular formula is C15H14N4O2. The number of anilines is 1. The number of benzene rings is 1. The highest BCUT2D eigenvalue weighted by Gasteiger charge is 2.20.